The third-order valence-corrected chi connectivity index (χ3v) is 2.50. The Balaban J connectivity index is 0.000000810. The van der Waals surface area contributed by atoms with Crippen molar-refractivity contribution in [1.29, 1.82) is 0 Å². The Labute approximate surface area is 71.7 Å². The highest BCUT2D eigenvalue weighted by Gasteiger charge is 1.98. The molecule has 58 valence electrons. The first kappa shape index (κ1) is 9.95. The van der Waals surface area contributed by atoms with Gasteiger partial charge in [0.1, 0.15) is 0 Å². The average Bonchev–Trinajstić information content (AvgIpc) is 2.10. The van der Waals surface area contributed by atoms with Crippen LogP contribution in [0.15, 0.2) is 6.07 Å². The molecule has 1 aromatic rings. The van der Waals surface area contributed by atoms with E-state index in [-0.39, 0.29) is 12.4 Å². The summed E-state index contributed by atoms with van der Waals surface area (Å²) in [6.45, 7) is 4.90. The maximum Gasteiger partial charge on any atom is 0.0276 e. The van der Waals surface area contributed by atoms with E-state index >= 15 is 0 Å². The van der Waals surface area contributed by atoms with Crippen LogP contribution in [0.3, 0.4) is 0 Å². The summed E-state index contributed by atoms with van der Waals surface area (Å²) in [5, 5.41) is 0. The molecule has 0 aliphatic rings. The molecule has 3 heteroatoms. The molecule has 0 aliphatic heterocycles. The minimum absolute atomic E-state index is 0. The van der Waals surface area contributed by atoms with Crippen LogP contribution >= 0.6 is 23.7 Å². The summed E-state index contributed by atoms with van der Waals surface area (Å²) in [5.41, 5.74) is 6.81. The van der Waals surface area contributed by atoms with Crippen molar-refractivity contribution in [3.05, 3.63) is 21.4 Å². The quantitative estimate of drug-likeness (QED) is 0.700. The summed E-state index contributed by atoms with van der Waals surface area (Å²) in [4.78, 5) is 2.67. The molecule has 0 unspecified atom stereocenters. The molecule has 1 aromatic heterocycles. The van der Waals surface area contributed by atoms with Gasteiger partial charge in [0.2, 0.25) is 0 Å². The lowest BCUT2D eigenvalue weighted by Gasteiger charge is -1.88. The fourth-order valence-corrected chi connectivity index (χ4v) is 1.82. The predicted octanol–water partition coefficient (Wildman–Crippen LogP) is 2.25. The molecule has 1 heterocycles. The summed E-state index contributed by atoms with van der Waals surface area (Å²) >= 11 is 1.79. The zero-order chi connectivity index (χ0) is 6.85. The van der Waals surface area contributed by atoms with Crippen molar-refractivity contribution in [1.82, 2.24) is 0 Å². The number of hydrogen-bond donors (Lipinski definition) is 1. The Morgan fingerprint density at radius 1 is 1.50 bits per heavy atom. The fraction of sp³-hybridized carbons (Fsp3) is 0.429. The summed E-state index contributed by atoms with van der Waals surface area (Å²) in [6.07, 6.45) is 0. The molecular formula is C7H12ClNS. The molecule has 0 atom stereocenters. The number of nitrogens with two attached hydrogens (primary N) is 1. The van der Waals surface area contributed by atoms with Crippen molar-refractivity contribution in [3.8, 4) is 0 Å². The van der Waals surface area contributed by atoms with Gasteiger partial charge in [-0.3, -0.25) is 0 Å². The van der Waals surface area contributed by atoms with Gasteiger partial charge >= 0.3 is 0 Å². The third kappa shape index (κ3) is 1.97. The first-order chi connectivity index (χ1) is 4.24. The van der Waals surface area contributed by atoms with E-state index in [0.29, 0.717) is 6.54 Å². The maximum absolute atomic E-state index is 5.47. The van der Waals surface area contributed by atoms with Gasteiger partial charge < -0.3 is 5.73 Å². The molecule has 0 saturated heterocycles. The van der Waals surface area contributed by atoms with Crippen molar-refractivity contribution in [3.63, 3.8) is 0 Å². The van der Waals surface area contributed by atoms with E-state index in [1.807, 2.05) is 0 Å². The fourth-order valence-electron chi connectivity index (χ4n) is 0.892. The summed E-state index contributed by atoms with van der Waals surface area (Å²) in [7, 11) is 0. The second-order valence-corrected chi connectivity index (χ2v) is 3.51. The van der Waals surface area contributed by atoms with Gasteiger partial charge in [-0.2, -0.15) is 0 Å². The molecule has 10 heavy (non-hydrogen) atoms. The van der Waals surface area contributed by atoms with E-state index in [1.165, 1.54) is 15.3 Å². The highest BCUT2D eigenvalue weighted by atomic mass is 35.5. The Kier molecular flexibility index (Phi) is 3.94. The predicted molar refractivity (Wildman–Crippen MR) is 48.9 cm³/mol. The molecule has 2 N–H and O–H groups in total. The average molecular weight is 178 g/mol. The SMILES string of the molecule is Cc1cc(C)c(CN)s1.Cl. The lowest BCUT2D eigenvalue weighted by molar-refractivity contribution is 1.09. The van der Waals surface area contributed by atoms with Crippen LogP contribution in [0.2, 0.25) is 0 Å². The van der Waals surface area contributed by atoms with Gasteiger partial charge in [0.25, 0.3) is 0 Å². The van der Waals surface area contributed by atoms with Gasteiger partial charge in [-0.1, -0.05) is 0 Å². The third-order valence-electron chi connectivity index (χ3n) is 1.33. The molecule has 0 spiro atoms. The van der Waals surface area contributed by atoms with Crippen LogP contribution in [0, 0.1) is 13.8 Å². The first-order valence-electron chi connectivity index (χ1n) is 3.00. The van der Waals surface area contributed by atoms with Crippen molar-refractivity contribution >= 4 is 23.7 Å². The van der Waals surface area contributed by atoms with E-state index in [1.54, 1.807) is 11.3 Å². The van der Waals surface area contributed by atoms with Gasteiger partial charge in [0.05, 0.1) is 0 Å². The first-order valence-corrected chi connectivity index (χ1v) is 3.81. The van der Waals surface area contributed by atoms with Crippen LogP contribution in [0.4, 0.5) is 0 Å². The summed E-state index contributed by atoms with van der Waals surface area (Å²) in [5.74, 6) is 0. The smallest absolute Gasteiger partial charge is 0.0276 e. The number of hydrogen-bond acceptors (Lipinski definition) is 2. The van der Waals surface area contributed by atoms with Crippen molar-refractivity contribution in [2.75, 3.05) is 0 Å². The highest BCUT2D eigenvalue weighted by Crippen LogP contribution is 2.19. The standard InChI is InChI=1S/C7H11NS.ClH/c1-5-3-6(2)9-7(5)4-8;/h3H,4,8H2,1-2H3;1H. The van der Waals surface area contributed by atoms with E-state index in [0.717, 1.165) is 0 Å². The molecule has 0 aromatic carbocycles. The van der Waals surface area contributed by atoms with Gasteiger partial charge in [-0.05, 0) is 25.5 Å². The second-order valence-electron chi connectivity index (χ2n) is 2.17. The van der Waals surface area contributed by atoms with Crippen LogP contribution in [-0.4, -0.2) is 0 Å². The second kappa shape index (κ2) is 3.96. The number of rotatable bonds is 1. The molecular weight excluding hydrogens is 166 g/mol. The van der Waals surface area contributed by atoms with E-state index in [4.69, 9.17) is 5.73 Å². The minimum Gasteiger partial charge on any atom is -0.326 e. The molecule has 0 bridgehead atoms. The lowest BCUT2D eigenvalue weighted by Crippen LogP contribution is -1.93. The molecule has 0 aliphatic carbocycles. The molecule has 1 nitrogen and oxygen atoms in total. The van der Waals surface area contributed by atoms with E-state index in [2.05, 4.69) is 19.9 Å². The Bertz CT molecular complexity index is 207. The van der Waals surface area contributed by atoms with E-state index in [9.17, 15) is 0 Å². The number of aryl methyl sites for hydroxylation is 2. The number of thiophene rings is 1. The minimum atomic E-state index is 0. The zero-order valence-electron chi connectivity index (χ0n) is 6.18. The Morgan fingerprint density at radius 2 is 2.10 bits per heavy atom. The van der Waals surface area contributed by atoms with Crippen LogP contribution in [-0.2, 0) is 6.54 Å². The van der Waals surface area contributed by atoms with Gasteiger partial charge in [-0.15, -0.1) is 23.7 Å². The topological polar surface area (TPSA) is 26.0 Å². The van der Waals surface area contributed by atoms with Crippen molar-refractivity contribution < 1.29 is 0 Å². The van der Waals surface area contributed by atoms with Crippen molar-refractivity contribution in [2.24, 2.45) is 5.73 Å². The molecule has 0 radical (unpaired) electrons. The van der Waals surface area contributed by atoms with Crippen LogP contribution in [0.25, 0.3) is 0 Å². The Morgan fingerprint density at radius 3 is 2.30 bits per heavy atom. The van der Waals surface area contributed by atoms with Gasteiger partial charge in [0.15, 0.2) is 0 Å². The summed E-state index contributed by atoms with van der Waals surface area (Å²) < 4.78 is 0. The molecule has 0 saturated carbocycles. The normalized spacial score (nSPS) is 9.10. The van der Waals surface area contributed by atoms with Crippen LogP contribution in [0.1, 0.15) is 15.3 Å². The van der Waals surface area contributed by atoms with Gasteiger partial charge in [-0.25, -0.2) is 0 Å². The highest BCUT2D eigenvalue weighted by molar-refractivity contribution is 7.12. The monoisotopic (exact) mass is 177 g/mol. The van der Waals surface area contributed by atoms with Gasteiger partial charge in [0, 0.05) is 16.3 Å². The lowest BCUT2D eigenvalue weighted by atomic mass is 10.3. The molecule has 1 rings (SSSR count). The zero-order valence-corrected chi connectivity index (χ0v) is 7.81. The Hall–Kier alpha value is -0.0500. The molecule has 0 amide bonds. The number of halogens is 1. The van der Waals surface area contributed by atoms with E-state index < -0.39 is 0 Å². The van der Waals surface area contributed by atoms with Crippen LogP contribution in [0.5, 0.6) is 0 Å². The summed E-state index contributed by atoms with van der Waals surface area (Å²) in [6, 6.07) is 2.17. The largest absolute Gasteiger partial charge is 0.326 e. The maximum atomic E-state index is 5.47. The van der Waals surface area contributed by atoms with Crippen molar-refractivity contribution in [2.45, 2.75) is 20.4 Å². The molecule has 0 fully saturated rings. The van der Waals surface area contributed by atoms with Crippen LogP contribution < -0.4 is 5.73 Å².